The van der Waals surface area contributed by atoms with Crippen molar-refractivity contribution in [1.82, 2.24) is 0 Å². The topological polar surface area (TPSA) is 42.7 Å². The number of hydrogen-bond donors (Lipinski definition) is 0. The van der Waals surface area contributed by atoms with Crippen LogP contribution in [-0.4, -0.2) is 12.5 Å². The molecular weight excluding hydrogens is 285 g/mol. The number of anilines is 1. The summed E-state index contributed by atoms with van der Waals surface area (Å²) in [6, 6.07) is 8.00. The summed E-state index contributed by atoms with van der Waals surface area (Å²) in [5, 5.41) is 0. The molecule has 2 aromatic rings. The quantitative estimate of drug-likeness (QED) is 0.808. The Morgan fingerprint density at radius 2 is 2.23 bits per heavy atom. The molecule has 5 heteroatoms. The van der Waals surface area contributed by atoms with E-state index in [9.17, 15) is 9.18 Å². The van der Waals surface area contributed by atoms with Crippen molar-refractivity contribution in [2.75, 3.05) is 11.5 Å². The van der Waals surface area contributed by atoms with Gasteiger partial charge >= 0.3 is 0 Å². The van der Waals surface area contributed by atoms with Gasteiger partial charge < -0.3 is 14.1 Å². The van der Waals surface area contributed by atoms with Gasteiger partial charge in [0, 0.05) is 25.0 Å². The molecule has 1 saturated heterocycles. The van der Waals surface area contributed by atoms with Crippen LogP contribution >= 0.6 is 0 Å². The van der Waals surface area contributed by atoms with Crippen LogP contribution in [0.5, 0.6) is 0 Å². The average molecular weight is 301 g/mol. The molecule has 4 rings (SSSR count). The minimum absolute atomic E-state index is 0.0735. The first-order valence-corrected chi connectivity index (χ1v) is 7.41. The van der Waals surface area contributed by atoms with Crippen molar-refractivity contribution >= 4 is 11.6 Å². The fraction of sp³-hybridized carbons (Fsp3) is 0.353. The highest BCUT2D eigenvalue weighted by Gasteiger charge is 2.47. The molecule has 3 heterocycles. The molecule has 0 saturated carbocycles. The Balaban J connectivity index is 1.92. The van der Waals surface area contributed by atoms with Gasteiger partial charge in [-0.25, -0.2) is 4.39 Å². The second-order valence-corrected chi connectivity index (χ2v) is 5.80. The van der Waals surface area contributed by atoms with Crippen LogP contribution in [0.1, 0.15) is 36.8 Å². The maximum atomic E-state index is 13.7. The summed E-state index contributed by atoms with van der Waals surface area (Å²) in [5.74, 6) is 0.419. The van der Waals surface area contributed by atoms with Gasteiger partial charge in [0.25, 0.3) is 0 Å². The predicted molar refractivity (Wildman–Crippen MR) is 77.8 cm³/mol. The number of halogens is 1. The Labute approximate surface area is 127 Å². The normalized spacial score (nSPS) is 26.6. The first-order valence-electron chi connectivity index (χ1n) is 7.41. The van der Waals surface area contributed by atoms with Gasteiger partial charge in [-0.05, 0) is 36.8 Å². The summed E-state index contributed by atoms with van der Waals surface area (Å²) in [5.41, 5.74) is 1.46. The maximum Gasteiger partial charge on any atom is 0.224 e. The minimum atomic E-state index is -0.312. The van der Waals surface area contributed by atoms with E-state index < -0.39 is 0 Å². The molecular formula is C17H16FNO3. The molecule has 1 fully saturated rings. The van der Waals surface area contributed by atoms with Crippen LogP contribution in [0.25, 0.3) is 0 Å². The van der Waals surface area contributed by atoms with Gasteiger partial charge in [-0.1, -0.05) is 0 Å². The number of furan rings is 1. The summed E-state index contributed by atoms with van der Waals surface area (Å²) in [4.78, 5) is 14.0. The van der Waals surface area contributed by atoms with Gasteiger partial charge in [0.15, 0.2) is 0 Å². The molecule has 0 unspecified atom stereocenters. The standard InChI is InChI=1S/C17H16FNO3/c1-10(20)19-14-5-4-11(18)9-13(14)17-12(6-8-22-17)16(19)15-3-2-7-21-15/h2-5,7,9,12,16-17H,6,8H2,1H3/t12-,16-,17+/m0/s1. The Morgan fingerprint density at radius 3 is 2.95 bits per heavy atom. The van der Waals surface area contributed by atoms with E-state index in [2.05, 4.69) is 0 Å². The van der Waals surface area contributed by atoms with Crippen LogP contribution in [0.3, 0.4) is 0 Å². The second kappa shape index (κ2) is 4.95. The molecule has 1 aromatic heterocycles. The number of carbonyl (C=O) groups is 1. The smallest absolute Gasteiger partial charge is 0.224 e. The lowest BCUT2D eigenvalue weighted by molar-refractivity contribution is -0.117. The molecule has 3 atom stereocenters. The summed E-state index contributed by atoms with van der Waals surface area (Å²) in [7, 11) is 0. The summed E-state index contributed by atoms with van der Waals surface area (Å²) in [6.45, 7) is 2.13. The highest BCUT2D eigenvalue weighted by molar-refractivity contribution is 5.94. The minimum Gasteiger partial charge on any atom is -0.467 e. The molecule has 2 aliphatic heterocycles. The third-order valence-corrected chi connectivity index (χ3v) is 4.55. The SMILES string of the molecule is CC(=O)N1c2ccc(F)cc2[C@@H]2OCC[C@H]2[C@H]1c1ccco1. The van der Waals surface area contributed by atoms with E-state index in [1.807, 2.05) is 12.1 Å². The molecule has 22 heavy (non-hydrogen) atoms. The lowest BCUT2D eigenvalue weighted by atomic mass is 9.81. The van der Waals surface area contributed by atoms with E-state index >= 15 is 0 Å². The lowest BCUT2D eigenvalue weighted by Gasteiger charge is -2.42. The third-order valence-electron chi connectivity index (χ3n) is 4.55. The zero-order chi connectivity index (χ0) is 15.3. The van der Waals surface area contributed by atoms with Crippen LogP contribution in [0, 0.1) is 11.7 Å². The Morgan fingerprint density at radius 1 is 1.36 bits per heavy atom. The van der Waals surface area contributed by atoms with Crippen LogP contribution in [0.2, 0.25) is 0 Å². The van der Waals surface area contributed by atoms with Gasteiger partial charge in [0.1, 0.15) is 17.6 Å². The van der Waals surface area contributed by atoms with Crippen molar-refractivity contribution in [3.63, 3.8) is 0 Å². The zero-order valence-corrected chi connectivity index (χ0v) is 12.2. The van der Waals surface area contributed by atoms with E-state index in [4.69, 9.17) is 9.15 Å². The number of amides is 1. The fourth-order valence-electron chi connectivity index (χ4n) is 3.73. The molecule has 0 radical (unpaired) electrons. The lowest BCUT2D eigenvalue weighted by Crippen LogP contribution is -2.42. The first-order chi connectivity index (χ1) is 10.7. The largest absolute Gasteiger partial charge is 0.467 e. The van der Waals surface area contributed by atoms with Crippen molar-refractivity contribution in [3.8, 4) is 0 Å². The van der Waals surface area contributed by atoms with E-state index in [0.717, 1.165) is 17.7 Å². The number of rotatable bonds is 1. The number of benzene rings is 1. The number of ether oxygens (including phenoxy) is 1. The van der Waals surface area contributed by atoms with Crippen LogP contribution < -0.4 is 4.90 Å². The fourth-order valence-corrected chi connectivity index (χ4v) is 3.73. The first kappa shape index (κ1) is 13.5. The Kier molecular flexibility index (Phi) is 3.04. The van der Waals surface area contributed by atoms with Crippen molar-refractivity contribution in [2.24, 2.45) is 5.92 Å². The van der Waals surface area contributed by atoms with Crippen molar-refractivity contribution < 1.29 is 18.3 Å². The monoisotopic (exact) mass is 301 g/mol. The molecule has 2 aliphatic rings. The molecule has 114 valence electrons. The molecule has 1 aromatic carbocycles. The Bertz CT molecular complexity index is 713. The predicted octanol–water partition coefficient (Wildman–Crippen LogP) is 3.60. The van der Waals surface area contributed by atoms with Crippen LogP contribution in [0.4, 0.5) is 10.1 Å². The van der Waals surface area contributed by atoms with Gasteiger partial charge in [-0.2, -0.15) is 0 Å². The van der Waals surface area contributed by atoms with E-state index in [-0.39, 0.29) is 29.8 Å². The van der Waals surface area contributed by atoms with Gasteiger partial charge in [0.2, 0.25) is 5.91 Å². The second-order valence-electron chi connectivity index (χ2n) is 5.80. The van der Waals surface area contributed by atoms with Crippen molar-refractivity contribution in [3.05, 3.63) is 53.7 Å². The molecule has 0 aliphatic carbocycles. The van der Waals surface area contributed by atoms with Crippen LogP contribution in [0.15, 0.2) is 41.0 Å². The summed E-state index contributed by atoms with van der Waals surface area (Å²) in [6.07, 6.45) is 2.23. The molecule has 4 nitrogen and oxygen atoms in total. The van der Waals surface area contributed by atoms with Crippen LogP contribution in [-0.2, 0) is 9.53 Å². The number of fused-ring (bicyclic) bond motifs is 3. The number of hydrogen-bond acceptors (Lipinski definition) is 3. The van der Waals surface area contributed by atoms with Gasteiger partial charge in [-0.15, -0.1) is 0 Å². The highest BCUT2D eigenvalue weighted by atomic mass is 19.1. The molecule has 1 amide bonds. The molecule has 0 N–H and O–H groups in total. The van der Waals surface area contributed by atoms with E-state index in [1.54, 1.807) is 17.2 Å². The van der Waals surface area contributed by atoms with Crippen molar-refractivity contribution in [1.29, 1.82) is 0 Å². The zero-order valence-electron chi connectivity index (χ0n) is 12.2. The molecule has 0 bridgehead atoms. The van der Waals surface area contributed by atoms with E-state index in [0.29, 0.717) is 12.3 Å². The number of nitrogens with zero attached hydrogens (tertiary/aromatic N) is 1. The van der Waals surface area contributed by atoms with Gasteiger partial charge in [0.05, 0.1) is 18.1 Å². The average Bonchev–Trinajstić information content (AvgIpc) is 3.17. The number of carbonyl (C=O) groups excluding carboxylic acids is 1. The highest BCUT2D eigenvalue weighted by Crippen LogP contribution is 2.53. The maximum absolute atomic E-state index is 13.7. The van der Waals surface area contributed by atoms with Crippen molar-refractivity contribution in [2.45, 2.75) is 25.5 Å². The third kappa shape index (κ3) is 1.89. The summed E-state index contributed by atoms with van der Waals surface area (Å²) < 4.78 is 25.1. The summed E-state index contributed by atoms with van der Waals surface area (Å²) >= 11 is 0. The van der Waals surface area contributed by atoms with E-state index in [1.165, 1.54) is 19.1 Å². The van der Waals surface area contributed by atoms with Gasteiger partial charge in [-0.3, -0.25) is 4.79 Å². The Hall–Kier alpha value is -2.14. The molecule has 0 spiro atoms.